The molecule has 3 heterocycles. The Bertz CT molecular complexity index is 1560. The lowest BCUT2D eigenvalue weighted by Crippen LogP contribution is -2.46. The van der Waals surface area contributed by atoms with Gasteiger partial charge in [-0.05, 0) is 57.9 Å². The van der Waals surface area contributed by atoms with E-state index in [1.807, 2.05) is 11.0 Å². The van der Waals surface area contributed by atoms with E-state index in [9.17, 15) is 27.6 Å². The molecule has 0 spiro atoms. The number of fused-ring (bicyclic) bond motifs is 1. The molecular weight excluding hydrogens is 564 g/mol. The van der Waals surface area contributed by atoms with Crippen molar-refractivity contribution in [2.75, 3.05) is 29.4 Å². The van der Waals surface area contributed by atoms with Crippen LogP contribution in [-0.4, -0.2) is 47.3 Å². The molecular formula is C31H32F4N6O2. The number of ether oxygens (including phenoxy) is 1. The Morgan fingerprint density at radius 2 is 1.77 bits per heavy atom. The number of para-hydroxylation sites is 1. The molecule has 2 aliphatic rings. The van der Waals surface area contributed by atoms with Crippen molar-refractivity contribution in [1.29, 1.82) is 5.26 Å². The van der Waals surface area contributed by atoms with Crippen LogP contribution in [-0.2, 0) is 23.9 Å². The third-order valence-electron chi connectivity index (χ3n) is 7.46. The third kappa shape index (κ3) is 6.82. The van der Waals surface area contributed by atoms with Crippen LogP contribution in [0.25, 0.3) is 11.3 Å². The van der Waals surface area contributed by atoms with E-state index in [1.54, 1.807) is 37.8 Å². The summed E-state index contributed by atoms with van der Waals surface area (Å²) in [6, 6.07) is 11.3. The van der Waals surface area contributed by atoms with Crippen LogP contribution in [0.4, 0.5) is 34.0 Å². The monoisotopic (exact) mass is 596 g/mol. The molecule has 0 aliphatic carbocycles. The molecule has 1 N–H and O–H groups in total. The van der Waals surface area contributed by atoms with Gasteiger partial charge in [0.25, 0.3) is 0 Å². The summed E-state index contributed by atoms with van der Waals surface area (Å²) >= 11 is 0. The van der Waals surface area contributed by atoms with Gasteiger partial charge in [0.15, 0.2) is 0 Å². The first-order valence-corrected chi connectivity index (χ1v) is 14.1. The van der Waals surface area contributed by atoms with Crippen LogP contribution in [0.2, 0.25) is 0 Å². The number of benzene rings is 2. The number of rotatable bonds is 4. The molecule has 0 radical (unpaired) electrons. The number of piperidine rings is 1. The van der Waals surface area contributed by atoms with E-state index in [0.29, 0.717) is 67.4 Å². The van der Waals surface area contributed by atoms with Crippen molar-refractivity contribution in [1.82, 2.24) is 15.3 Å². The zero-order valence-corrected chi connectivity index (χ0v) is 24.1. The van der Waals surface area contributed by atoms with Gasteiger partial charge in [0.1, 0.15) is 17.5 Å². The lowest BCUT2D eigenvalue weighted by Gasteiger charge is -2.35. The van der Waals surface area contributed by atoms with Crippen molar-refractivity contribution in [2.45, 2.75) is 64.4 Å². The molecule has 3 aromatic rings. The predicted molar refractivity (Wildman–Crippen MR) is 153 cm³/mol. The molecule has 0 unspecified atom stereocenters. The Labute approximate surface area is 247 Å². The highest BCUT2D eigenvalue weighted by Gasteiger charge is 2.36. The first-order chi connectivity index (χ1) is 20.3. The number of halogens is 4. The van der Waals surface area contributed by atoms with Crippen LogP contribution in [0.1, 0.15) is 56.0 Å². The molecule has 2 aliphatic heterocycles. The molecule has 1 fully saturated rings. The summed E-state index contributed by atoms with van der Waals surface area (Å²) in [6.45, 7) is 6.90. The fourth-order valence-electron chi connectivity index (χ4n) is 5.43. The number of carbonyl (C=O) groups is 1. The maximum atomic E-state index is 14.7. The molecule has 2 aromatic carbocycles. The summed E-state index contributed by atoms with van der Waals surface area (Å²) in [5.41, 5.74) is 0.707. The van der Waals surface area contributed by atoms with Gasteiger partial charge in [-0.1, -0.05) is 18.2 Å². The number of aromatic nitrogens is 2. The number of nitrogens with one attached hydrogen (secondary N) is 1. The summed E-state index contributed by atoms with van der Waals surface area (Å²) < 4.78 is 61.6. The van der Waals surface area contributed by atoms with Gasteiger partial charge in [0.2, 0.25) is 5.95 Å². The first kappa shape index (κ1) is 30.1. The zero-order valence-electron chi connectivity index (χ0n) is 24.1. The molecule has 1 amide bonds. The third-order valence-corrected chi connectivity index (χ3v) is 7.46. The number of amides is 1. The van der Waals surface area contributed by atoms with E-state index in [0.717, 1.165) is 6.07 Å². The molecule has 1 aromatic heterocycles. The van der Waals surface area contributed by atoms with Gasteiger partial charge in [-0.3, -0.25) is 0 Å². The quantitative estimate of drug-likeness (QED) is 0.357. The fourth-order valence-corrected chi connectivity index (χ4v) is 5.43. The van der Waals surface area contributed by atoms with Crippen LogP contribution in [0.3, 0.4) is 0 Å². The lowest BCUT2D eigenvalue weighted by atomic mass is 9.97. The summed E-state index contributed by atoms with van der Waals surface area (Å²) in [5.74, 6) is -0.281. The lowest BCUT2D eigenvalue weighted by molar-refractivity contribution is -0.137. The van der Waals surface area contributed by atoms with Gasteiger partial charge in [0.05, 0.1) is 22.5 Å². The second-order valence-electron chi connectivity index (χ2n) is 11.7. The van der Waals surface area contributed by atoms with Crippen LogP contribution >= 0.6 is 0 Å². The number of nitriles is 1. The van der Waals surface area contributed by atoms with Crippen molar-refractivity contribution < 1.29 is 27.1 Å². The van der Waals surface area contributed by atoms with Crippen molar-refractivity contribution in [2.24, 2.45) is 0 Å². The van der Waals surface area contributed by atoms with Gasteiger partial charge >= 0.3 is 12.3 Å². The number of hydrogen-bond acceptors (Lipinski definition) is 7. The number of alkyl halides is 3. The van der Waals surface area contributed by atoms with Crippen LogP contribution in [0.15, 0.2) is 42.5 Å². The maximum Gasteiger partial charge on any atom is 0.418 e. The standard InChI is InChI=1S/C31H32F4N6O2/c1-30(2,3)43-29(42)37-21-10-13-40(14-11-21)28-38-25-12-15-41(26-7-5-4-6-23(26)31(33,34)35)18-22(25)27(39-28)19-8-9-20(17-36)24(32)16-19/h4-9,16,21H,10-15,18H2,1-3H3,(H,37,42). The molecule has 0 saturated carbocycles. The Kier molecular flexibility index (Phi) is 8.18. The molecule has 43 heavy (non-hydrogen) atoms. The van der Waals surface area contributed by atoms with Crippen molar-refractivity contribution in [3.63, 3.8) is 0 Å². The number of hydrogen-bond donors (Lipinski definition) is 1. The van der Waals surface area contributed by atoms with Gasteiger partial charge in [-0.15, -0.1) is 0 Å². The average Bonchev–Trinajstić information content (AvgIpc) is 2.95. The van der Waals surface area contributed by atoms with E-state index in [4.69, 9.17) is 14.7 Å². The smallest absolute Gasteiger partial charge is 0.418 e. The normalized spacial score (nSPS) is 16.0. The fraction of sp³-hybridized carbons (Fsp3) is 0.419. The van der Waals surface area contributed by atoms with Gasteiger partial charge in [-0.2, -0.15) is 18.4 Å². The Hall–Kier alpha value is -4.40. The van der Waals surface area contributed by atoms with Crippen molar-refractivity contribution in [3.8, 4) is 17.3 Å². The van der Waals surface area contributed by atoms with E-state index < -0.39 is 29.3 Å². The second-order valence-corrected chi connectivity index (χ2v) is 11.7. The summed E-state index contributed by atoms with van der Waals surface area (Å²) in [5, 5.41) is 12.1. The summed E-state index contributed by atoms with van der Waals surface area (Å²) in [4.78, 5) is 25.5. The van der Waals surface area contributed by atoms with E-state index in [2.05, 4.69) is 5.32 Å². The van der Waals surface area contributed by atoms with Gasteiger partial charge in [-0.25, -0.2) is 19.2 Å². The minimum Gasteiger partial charge on any atom is -0.444 e. The van der Waals surface area contributed by atoms with E-state index in [1.165, 1.54) is 24.3 Å². The molecule has 12 heteroatoms. The highest BCUT2D eigenvalue weighted by atomic mass is 19.4. The predicted octanol–water partition coefficient (Wildman–Crippen LogP) is 6.23. The van der Waals surface area contributed by atoms with Crippen molar-refractivity contribution in [3.05, 3.63) is 70.7 Å². The molecule has 226 valence electrons. The number of carbonyl (C=O) groups excluding carboxylic acids is 1. The number of alkyl carbamates (subject to hydrolysis) is 1. The highest BCUT2D eigenvalue weighted by molar-refractivity contribution is 5.69. The summed E-state index contributed by atoms with van der Waals surface area (Å²) in [7, 11) is 0. The van der Waals surface area contributed by atoms with Gasteiger partial charge < -0.3 is 19.9 Å². The van der Waals surface area contributed by atoms with Crippen LogP contribution in [0, 0.1) is 17.1 Å². The van der Waals surface area contributed by atoms with Crippen LogP contribution < -0.4 is 15.1 Å². The van der Waals surface area contributed by atoms with Gasteiger partial charge in [0, 0.05) is 55.5 Å². The Balaban J connectivity index is 1.45. The Morgan fingerprint density at radius 1 is 1.05 bits per heavy atom. The maximum absolute atomic E-state index is 14.7. The molecule has 1 saturated heterocycles. The summed E-state index contributed by atoms with van der Waals surface area (Å²) in [6.07, 6.45) is -3.39. The minimum atomic E-state index is -4.53. The highest BCUT2D eigenvalue weighted by Crippen LogP contribution is 2.39. The molecule has 8 nitrogen and oxygen atoms in total. The topological polar surface area (TPSA) is 94.4 Å². The second kappa shape index (κ2) is 11.7. The SMILES string of the molecule is CC(C)(C)OC(=O)NC1CCN(c2nc3c(c(-c4ccc(C#N)c(F)c4)n2)CN(c2ccccc2C(F)(F)F)CC3)CC1. The molecule has 0 atom stereocenters. The molecule has 0 bridgehead atoms. The number of nitrogens with zero attached hydrogens (tertiary/aromatic N) is 5. The van der Waals surface area contributed by atoms with Crippen molar-refractivity contribution >= 4 is 17.7 Å². The van der Waals surface area contributed by atoms with E-state index in [-0.39, 0.29) is 23.8 Å². The largest absolute Gasteiger partial charge is 0.444 e. The zero-order chi connectivity index (χ0) is 30.9. The van der Waals surface area contributed by atoms with E-state index >= 15 is 0 Å². The molecule has 5 rings (SSSR count). The first-order valence-electron chi connectivity index (χ1n) is 14.1. The average molecular weight is 597 g/mol. The minimum absolute atomic E-state index is 0.0567. The number of anilines is 2. The Morgan fingerprint density at radius 3 is 2.42 bits per heavy atom. The van der Waals surface area contributed by atoms with Crippen LogP contribution in [0.5, 0.6) is 0 Å².